The first-order valence-corrected chi connectivity index (χ1v) is 13.3. The molecular weight excluding hydrogens is 406 g/mol. The molecule has 2 amide bonds. The predicted molar refractivity (Wildman–Crippen MR) is 126 cm³/mol. The average molecular weight is 446 g/mol. The summed E-state index contributed by atoms with van der Waals surface area (Å²) in [4.78, 5) is 33.0. The van der Waals surface area contributed by atoms with E-state index in [2.05, 4.69) is 35.5 Å². The number of carbonyl (C=O) groups is 2. The number of amides is 2. The molecule has 0 radical (unpaired) electrons. The van der Waals surface area contributed by atoms with Crippen LogP contribution in [0, 0.1) is 12.8 Å². The van der Waals surface area contributed by atoms with Crippen LogP contribution in [0.4, 0.5) is 0 Å². The van der Waals surface area contributed by atoms with E-state index >= 15 is 0 Å². The van der Waals surface area contributed by atoms with Crippen LogP contribution in [0.5, 0.6) is 0 Å². The standard InChI is InChI=1S/C25H39N3O2S/c1-3-4-13-28-23(29)21(17-20-8-6-5-7-9-20)26-24(30)25(28)11-14-27(15-12-25)18-22-19(2)10-16-31-22/h10,16,20-21H,3-9,11-15,17-18H2,1-2H3,(H,26,30). The van der Waals surface area contributed by atoms with Crippen LogP contribution in [0.3, 0.4) is 0 Å². The molecule has 1 unspecified atom stereocenters. The lowest BCUT2D eigenvalue weighted by Gasteiger charge is -2.52. The Hall–Kier alpha value is -1.40. The second kappa shape index (κ2) is 10.0. The minimum atomic E-state index is -0.643. The number of thiophene rings is 1. The number of likely N-dealkylation sites (tertiary alicyclic amines) is 1. The van der Waals surface area contributed by atoms with Gasteiger partial charge in [0.2, 0.25) is 11.8 Å². The fourth-order valence-electron chi connectivity index (χ4n) is 5.78. The summed E-state index contributed by atoms with van der Waals surface area (Å²) in [7, 11) is 0. The Kier molecular flexibility index (Phi) is 7.37. The number of nitrogens with one attached hydrogen (secondary N) is 1. The number of nitrogens with zero attached hydrogens (tertiary/aromatic N) is 2. The molecule has 1 saturated carbocycles. The van der Waals surface area contributed by atoms with Crippen LogP contribution in [0.25, 0.3) is 0 Å². The van der Waals surface area contributed by atoms with E-state index in [1.54, 1.807) is 0 Å². The molecule has 4 rings (SSSR count). The lowest BCUT2D eigenvalue weighted by molar-refractivity contribution is -0.162. The maximum Gasteiger partial charge on any atom is 0.246 e. The molecule has 6 heteroatoms. The maximum absolute atomic E-state index is 13.6. The summed E-state index contributed by atoms with van der Waals surface area (Å²) < 4.78 is 0. The van der Waals surface area contributed by atoms with Gasteiger partial charge in [0.25, 0.3) is 0 Å². The smallest absolute Gasteiger partial charge is 0.246 e. The van der Waals surface area contributed by atoms with Crippen LogP contribution in [-0.4, -0.2) is 52.8 Å². The highest BCUT2D eigenvalue weighted by Gasteiger charge is 2.53. The van der Waals surface area contributed by atoms with Gasteiger partial charge in [-0.25, -0.2) is 0 Å². The van der Waals surface area contributed by atoms with Crippen molar-refractivity contribution in [3.8, 4) is 0 Å². The Morgan fingerprint density at radius 2 is 1.90 bits per heavy atom. The number of piperazine rings is 1. The minimum Gasteiger partial charge on any atom is -0.342 e. The van der Waals surface area contributed by atoms with E-state index in [-0.39, 0.29) is 17.9 Å². The molecule has 5 nitrogen and oxygen atoms in total. The molecule has 1 atom stereocenters. The third-order valence-corrected chi connectivity index (χ3v) is 8.86. The lowest BCUT2D eigenvalue weighted by atomic mass is 9.79. The van der Waals surface area contributed by atoms with E-state index in [0.717, 1.165) is 51.7 Å². The number of carbonyl (C=O) groups excluding carboxylic acids is 2. The van der Waals surface area contributed by atoms with Gasteiger partial charge in [-0.3, -0.25) is 14.5 Å². The van der Waals surface area contributed by atoms with Crippen molar-refractivity contribution in [1.82, 2.24) is 15.1 Å². The first kappa shape index (κ1) is 22.8. The Balaban J connectivity index is 1.45. The molecule has 2 saturated heterocycles. The third kappa shape index (κ3) is 4.85. The molecule has 3 aliphatic rings. The lowest BCUT2D eigenvalue weighted by Crippen LogP contribution is -2.73. The van der Waals surface area contributed by atoms with Crippen molar-refractivity contribution >= 4 is 23.2 Å². The van der Waals surface area contributed by atoms with Crippen molar-refractivity contribution < 1.29 is 9.59 Å². The van der Waals surface area contributed by atoms with Gasteiger partial charge in [-0.1, -0.05) is 45.4 Å². The second-order valence-electron chi connectivity index (χ2n) is 9.94. The van der Waals surface area contributed by atoms with Gasteiger partial charge in [0.05, 0.1) is 0 Å². The van der Waals surface area contributed by atoms with Crippen molar-refractivity contribution in [2.24, 2.45) is 5.92 Å². The number of aryl methyl sites for hydroxylation is 1. The van der Waals surface area contributed by atoms with Crippen molar-refractivity contribution in [1.29, 1.82) is 0 Å². The molecular formula is C25H39N3O2S. The molecule has 31 heavy (non-hydrogen) atoms. The highest BCUT2D eigenvalue weighted by molar-refractivity contribution is 7.10. The van der Waals surface area contributed by atoms with Gasteiger partial charge in [0, 0.05) is 31.1 Å². The molecule has 172 valence electrons. The molecule has 1 N–H and O–H groups in total. The molecule has 0 aromatic carbocycles. The van der Waals surface area contributed by atoms with Crippen LogP contribution in [-0.2, 0) is 16.1 Å². The number of piperidine rings is 1. The van der Waals surface area contributed by atoms with E-state index in [9.17, 15) is 9.59 Å². The molecule has 1 aromatic heterocycles. The predicted octanol–water partition coefficient (Wildman–Crippen LogP) is 4.49. The Morgan fingerprint density at radius 3 is 2.55 bits per heavy atom. The largest absolute Gasteiger partial charge is 0.342 e. The summed E-state index contributed by atoms with van der Waals surface area (Å²) >= 11 is 1.81. The SMILES string of the molecule is CCCCN1C(=O)C(CC2CCCCC2)NC(=O)C12CCN(Cc1sccc1C)CC2. The van der Waals surface area contributed by atoms with Gasteiger partial charge in [0.15, 0.2) is 0 Å². The molecule has 2 aliphatic heterocycles. The summed E-state index contributed by atoms with van der Waals surface area (Å²) in [6.45, 7) is 7.74. The highest BCUT2D eigenvalue weighted by Crippen LogP contribution is 2.36. The van der Waals surface area contributed by atoms with Gasteiger partial charge < -0.3 is 10.2 Å². The number of rotatable bonds is 7. The summed E-state index contributed by atoms with van der Waals surface area (Å²) in [6, 6.07) is 1.86. The van der Waals surface area contributed by atoms with Crippen LogP contribution in [0.15, 0.2) is 11.4 Å². The van der Waals surface area contributed by atoms with Gasteiger partial charge in [0.1, 0.15) is 11.6 Å². The van der Waals surface area contributed by atoms with Crippen molar-refractivity contribution in [2.45, 2.75) is 96.2 Å². The normalized spacial score (nSPS) is 25.2. The Labute approximate surface area is 191 Å². The van der Waals surface area contributed by atoms with E-state index in [1.807, 2.05) is 16.2 Å². The molecule has 3 fully saturated rings. The van der Waals surface area contributed by atoms with Crippen LogP contribution >= 0.6 is 11.3 Å². The van der Waals surface area contributed by atoms with E-state index in [0.29, 0.717) is 12.5 Å². The van der Waals surface area contributed by atoms with Gasteiger partial charge in [-0.15, -0.1) is 11.3 Å². The quantitative estimate of drug-likeness (QED) is 0.673. The zero-order valence-electron chi connectivity index (χ0n) is 19.3. The highest BCUT2D eigenvalue weighted by atomic mass is 32.1. The summed E-state index contributed by atoms with van der Waals surface area (Å²) in [6.07, 6.45) is 10.6. The van der Waals surface area contributed by atoms with Gasteiger partial charge >= 0.3 is 0 Å². The van der Waals surface area contributed by atoms with Crippen LogP contribution in [0.1, 0.15) is 81.6 Å². The van der Waals surface area contributed by atoms with Crippen molar-refractivity contribution in [3.05, 3.63) is 21.9 Å². The second-order valence-corrected chi connectivity index (χ2v) is 10.9. The zero-order chi connectivity index (χ0) is 21.8. The van der Waals surface area contributed by atoms with Crippen LogP contribution in [0.2, 0.25) is 0 Å². The minimum absolute atomic E-state index is 0.107. The first-order chi connectivity index (χ1) is 15.0. The van der Waals surface area contributed by atoms with Gasteiger partial charge in [-0.2, -0.15) is 0 Å². The Bertz CT molecular complexity index is 763. The number of hydrogen-bond donors (Lipinski definition) is 1. The molecule has 1 spiro atoms. The van der Waals surface area contributed by atoms with Gasteiger partial charge in [-0.05, 0) is 55.5 Å². The fourth-order valence-corrected chi connectivity index (χ4v) is 6.73. The molecule has 1 aliphatic carbocycles. The third-order valence-electron chi connectivity index (χ3n) is 7.86. The topological polar surface area (TPSA) is 52.7 Å². The molecule has 3 heterocycles. The summed E-state index contributed by atoms with van der Waals surface area (Å²) in [5.41, 5.74) is 0.710. The fraction of sp³-hybridized carbons (Fsp3) is 0.760. The monoisotopic (exact) mass is 445 g/mol. The average Bonchev–Trinajstić information content (AvgIpc) is 3.18. The van der Waals surface area contributed by atoms with E-state index in [4.69, 9.17) is 0 Å². The van der Waals surface area contributed by atoms with E-state index in [1.165, 1.54) is 42.5 Å². The van der Waals surface area contributed by atoms with E-state index < -0.39 is 5.54 Å². The maximum atomic E-state index is 13.6. The number of unbranched alkanes of at least 4 members (excludes halogenated alkanes) is 1. The first-order valence-electron chi connectivity index (χ1n) is 12.4. The summed E-state index contributed by atoms with van der Waals surface area (Å²) in [5, 5.41) is 5.36. The molecule has 1 aromatic rings. The zero-order valence-corrected chi connectivity index (χ0v) is 20.1. The molecule has 0 bridgehead atoms. The Morgan fingerprint density at radius 1 is 1.16 bits per heavy atom. The van der Waals surface area contributed by atoms with Crippen LogP contribution < -0.4 is 5.32 Å². The van der Waals surface area contributed by atoms with Crippen molar-refractivity contribution in [2.75, 3.05) is 19.6 Å². The number of hydrogen-bond acceptors (Lipinski definition) is 4. The van der Waals surface area contributed by atoms with Crippen molar-refractivity contribution in [3.63, 3.8) is 0 Å². The summed E-state index contributed by atoms with van der Waals surface area (Å²) in [5.74, 6) is 0.873.